The fourth-order valence-corrected chi connectivity index (χ4v) is 3.86. The van der Waals surface area contributed by atoms with Gasteiger partial charge in [-0.3, -0.25) is 4.99 Å². The zero-order valence-corrected chi connectivity index (χ0v) is 15.0. The fraction of sp³-hybridized carbons (Fsp3) is 0.667. The summed E-state index contributed by atoms with van der Waals surface area (Å²) in [6, 6.07) is 4.22. The third kappa shape index (κ3) is 5.67. The van der Waals surface area contributed by atoms with Gasteiger partial charge in [0.2, 0.25) is 0 Å². The number of hydrogen-bond donors (Lipinski definition) is 1. The lowest BCUT2D eigenvalue weighted by Gasteiger charge is -2.21. The molecule has 2 rings (SSSR count). The second-order valence-corrected chi connectivity index (χ2v) is 7.14. The van der Waals surface area contributed by atoms with E-state index in [1.54, 1.807) is 13.3 Å². The molecule has 1 N–H and O–H groups in total. The van der Waals surface area contributed by atoms with E-state index in [1.165, 1.54) is 76.2 Å². The zero-order chi connectivity index (χ0) is 16.5. The van der Waals surface area contributed by atoms with E-state index in [-0.39, 0.29) is 0 Å². The van der Waals surface area contributed by atoms with Gasteiger partial charge in [0.1, 0.15) is 5.75 Å². The zero-order valence-electron chi connectivity index (χ0n) is 15.0. The molecule has 0 radical (unpaired) electrons. The Morgan fingerprint density at radius 2 is 1.43 bits per heavy atom. The van der Waals surface area contributed by atoms with Gasteiger partial charge in [-0.25, -0.2) is 0 Å². The van der Waals surface area contributed by atoms with E-state index in [0.29, 0.717) is 11.7 Å². The number of hydrogen-bond acceptors (Lipinski definition) is 2. The summed E-state index contributed by atoms with van der Waals surface area (Å²) in [5.74, 6) is 0.955. The van der Waals surface area contributed by atoms with Crippen LogP contribution in [0.15, 0.2) is 17.1 Å². The van der Waals surface area contributed by atoms with Crippen molar-refractivity contribution in [2.24, 2.45) is 4.99 Å². The maximum absolute atomic E-state index is 10.7. The van der Waals surface area contributed by atoms with E-state index in [0.717, 1.165) is 11.1 Å². The lowest BCUT2D eigenvalue weighted by molar-refractivity contribution is 0.432. The molecule has 0 spiro atoms. The van der Waals surface area contributed by atoms with E-state index in [1.807, 2.05) is 6.07 Å². The van der Waals surface area contributed by atoms with Crippen molar-refractivity contribution in [2.75, 3.05) is 7.05 Å². The summed E-state index contributed by atoms with van der Waals surface area (Å²) in [7, 11) is 1.76. The number of benzene rings is 1. The Bertz CT molecular complexity index is 495. The third-order valence-electron chi connectivity index (χ3n) is 5.13. The molecule has 1 saturated carbocycles. The van der Waals surface area contributed by atoms with Crippen LogP contribution in [0.5, 0.6) is 5.75 Å². The van der Waals surface area contributed by atoms with Gasteiger partial charge in [-0.2, -0.15) is 0 Å². The summed E-state index contributed by atoms with van der Waals surface area (Å²) in [4.78, 5) is 4.09. The highest BCUT2D eigenvalue weighted by Crippen LogP contribution is 2.36. The Kier molecular flexibility index (Phi) is 7.64. The molecule has 0 unspecified atom stereocenters. The van der Waals surface area contributed by atoms with Crippen LogP contribution in [-0.4, -0.2) is 18.4 Å². The Labute approximate surface area is 142 Å². The number of aryl methyl sites for hydroxylation is 1. The summed E-state index contributed by atoms with van der Waals surface area (Å²) in [5.41, 5.74) is 3.24. The van der Waals surface area contributed by atoms with Crippen molar-refractivity contribution >= 4 is 6.21 Å². The van der Waals surface area contributed by atoms with E-state index >= 15 is 0 Å². The summed E-state index contributed by atoms with van der Waals surface area (Å²) < 4.78 is 0. The van der Waals surface area contributed by atoms with Gasteiger partial charge in [-0.15, -0.1) is 0 Å². The van der Waals surface area contributed by atoms with Crippen LogP contribution in [-0.2, 0) is 0 Å². The molecule has 0 saturated heterocycles. The Morgan fingerprint density at radius 1 is 0.913 bits per heavy atom. The molecule has 2 heteroatoms. The molecule has 1 aromatic carbocycles. The minimum Gasteiger partial charge on any atom is -0.507 e. The SMILES string of the molecule is CN=Cc1cc(C)cc(C2CCCCCCCCCCC2)c1O. The molecule has 23 heavy (non-hydrogen) atoms. The third-order valence-corrected chi connectivity index (χ3v) is 5.13. The Morgan fingerprint density at radius 3 is 1.96 bits per heavy atom. The van der Waals surface area contributed by atoms with Gasteiger partial charge in [0.05, 0.1) is 0 Å². The number of nitrogens with zero attached hydrogens (tertiary/aromatic N) is 1. The first kappa shape index (κ1) is 18.0. The first-order valence-corrected chi connectivity index (χ1v) is 9.48. The topological polar surface area (TPSA) is 32.6 Å². The minimum absolute atomic E-state index is 0.457. The number of aromatic hydroxyl groups is 1. The van der Waals surface area contributed by atoms with Crippen LogP contribution in [0.2, 0.25) is 0 Å². The molecule has 0 amide bonds. The lowest BCUT2D eigenvalue weighted by atomic mass is 9.85. The monoisotopic (exact) mass is 315 g/mol. The van der Waals surface area contributed by atoms with Crippen LogP contribution < -0.4 is 0 Å². The molecule has 2 nitrogen and oxygen atoms in total. The van der Waals surface area contributed by atoms with Crippen molar-refractivity contribution < 1.29 is 5.11 Å². The molecule has 0 atom stereocenters. The summed E-state index contributed by atoms with van der Waals surface area (Å²) >= 11 is 0. The first-order valence-electron chi connectivity index (χ1n) is 9.48. The lowest BCUT2D eigenvalue weighted by Crippen LogP contribution is -2.03. The normalized spacial score (nSPS) is 19.4. The van der Waals surface area contributed by atoms with E-state index < -0.39 is 0 Å². The van der Waals surface area contributed by atoms with Crippen LogP contribution in [0.4, 0.5) is 0 Å². The van der Waals surface area contributed by atoms with Gasteiger partial charge in [0.25, 0.3) is 0 Å². The number of phenolic OH excluding ortho intramolecular Hbond substituents is 1. The molecule has 0 heterocycles. The quantitative estimate of drug-likeness (QED) is 0.653. The molecule has 0 aromatic heterocycles. The smallest absolute Gasteiger partial charge is 0.127 e. The first-order chi connectivity index (χ1) is 11.2. The second-order valence-electron chi connectivity index (χ2n) is 7.14. The van der Waals surface area contributed by atoms with Crippen molar-refractivity contribution in [3.8, 4) is 5.75 Å². The largest absolute Gasteiger partial charge is 0.507 e. The van der Waals surface area contributed by atoms with Crippen molar-refractivity contribution in [1.29, 1.82) is 0 Å². The predicted molar refractivity (Wildman–Crippen MR) is 99.9 cm³/mol. The molecule has 1 aliphatic rings. The van der Waals surface area contributed by atoms with Gasteiger partial charge < -0.3 is 5.11 Å². The fourth-order valence-electron chi connectivity index (χ4n) is 3.86. The molecule has 1 fully saturated rings. The van der Waals surface area contributed by atoms with Crippen LogP contribution in [0.25, 0.3) is 0 Å². The van der Waals surface area contributed by atoms with Crippen LogP contribution >= 0.6 is 0 Å². The predicted octanol–water partition coefficient (Wildman–Crippen LogP) is 6.14. The molecular weight excluding hydrogens is 282 g/mol. The number of aliphatic imine (C=N–C) groups is 1. The molecule has 1 aromatic rings. The van der Waals surface area contributed by atoms with Crippen molar-refractivity contribution in [3.05, 3.63) is 28.8 Å². The van der Waals surface area contributed by atoms with Gasteiger partial charge in [-0.05, 0) is 42.9 Å². The maximum Gasteiger partial charge on any atom is 0.127 e. The molecular formula is C21H33NO. The van der Waals surface area contributed by atoms with E-state index in [4.69, 9.17) is 0 Å². The highest BCUT2D eigenvalue weighted by molar-refractivity contribution is 5.84. The average molecular weight is 316 g/mol. The minimum atomic E-state index is 0.457. The summed E-state index contributed by atoms with van der Waals surface area (Å²) in [5, 5.41) is 10.7. The van der Waals surface area contributed by atoms with E-state index in [2.05, 4.69) is 18.0 Å². The highest BCUT2D eigenvalue weighted by Gasteiger charge is 2.18. The molecule has 0 bridgehead atoms. The molecule has 0 aliphatic heterocycles. The Hall–Kier alpha value is -1.31. The van der Waals surface area contributed by atoms with Crippen LogP contribution in [0, 0.1) is 6.92 Å². The van der Waals surface area contributed by atoms with Crippen LogP contribution in [0.1, 0.15) is 93.2 Å². The average Bonchev–Trinajstić information content (AvgIpc) is 2.52. The van der Waals surface area contributed by atoms with Crippen molar-refractivity contribution in [2.45, 2.75) is 83.5 Å². The summed E-state index contributed by atoms with van der Waals surface area (Å²) in [6.45, 7) is 2.12. The van der Waals surface area contributed by atoms with Gasteiger partial charge in [0, 0.05) is 18.8 Å². The molecule has 1 aliphatic carbocycles. The molecule has 128 valence electrons. The standard InChI is InChI=1S/C21H33NO/c1-17-14-19(16-22-2)21(23)20(15-17)18-12-10-8-6-4-3-5-7-9-11-13-18/h14-16,18,23H,3-13H2,1-2H3. The van der Waals surface area contributed by atoms with Gasteiger partial charge in [0.15, 0.2) is 0 Å². The van der Waals surface area contributed by atoms with E-state index in [9.17, 15) is 5.11 Å². The highest BCUT2D eigenvalue weighted by atomic mass is 16.3. The van der Waals surface area contributed by atoms with Gasteiger partial charge in [-0.1, -0.05) is 63.9 Å². The van der Waals surface area contributed by atoms with Gasteiger partial charge >= 0.3 is 0 Å². The summed E-state index contributed by atoms with van der Waals surface area (Å²) in [6.07, 6.45) is 16.4. The van der Waals surface area contributed by atoms with Crippen LogP contribution in [0.3, 0.4) is 0 Å². The number of phenols is 1. The Balaban J connectivity index is 2.17. The maximum atomic E-state index is 10.7. The number of rotatable bonds is 2. The second kappa shape index (κ2) is 9.75. The van der Waals surface area contributed by atoms with Crippen molar-refractivity contribution in [3.63, 3.8) is 0 Å². The van der Waals surface area contributed by atoms with Crippen molar-refractivity contribution in [1.82, 2.24) is 0 Å².